The molecule has 3 aromatic carbocycles. The minimum atomic E-state index is -1.31. The van der Waals surface area contributed by atoms with Gasteiger partial charge in [-0.15, -0.1) is 0 Å². The quantitative estimate of drug-likeness (QED) is 0.351. The lowest BCUT2D eigenvalue weighted by molar-refractivity contribution is 0.0694. The summed E-state index contributed by atoms with van der Waals surface area (Å²) in [5.41, 5.74) is 1.13. The first-order chi connectivity index (χ1) is 19.4. The Morgan fingerprint density at radius 2 is 1.88 bits per heavy atom. The van der Waals surface area contributed by atoms with Gasteiger partial charge in [-0.25, -0.2) is 9.18 Å². The zero-order valence-corrected chi connectivity index (χ0v) is 22.5. The maximum Gasteiger partial charge on any atom is 0.341 e. The second-order valence-corrected chi connectivity index (χ2v) is 11.4. The maximum atomic E-state index is 15.9. The number of carboxylic acid groups (broad SMARTS) is 1. The molecule has 0 spiro atoms. The predicted octanol–water partition coefficient (Wildman–Crippen LogP) is 5.44. The van der Waals surface area contributed by atoms with E-state index in [9.17, 15) is 14.7 Å². The molecule has 3 fully saturated rings. The normalized spacial score (nSPS) is 21.2. The van der Waals surface area contributed by atoms with Crippen LogP contribution in [0.4, 0.5) is 10.1 Å². The Morgan fingerprint density at radius 1 is 1.07 bits per heavy atom. The van der Waals surface area contributed by atoms with E-state index < -0.39 is 17.2 Å². The largest absolute Gasteiger partial charge is 0.492 e. The molecule has 7 nitrogen and oxygen atoms in total. The Labute approximate surface area is 231 Å². The van der Waals surface area contributed by atoms with Gasteiger partial charge in [-0.3, -0.25) is 9.69 Å². The van der Waals surface area contributed by atoms with Gasteiger partial charge in [0.1, 0.15) is 11.3 Å². The number of carbonyl (C=O) groups is 1. The van der Waals surface area contributed by atoms with Crippen LogP contribution < -0.4 is 15.1 Å². The van der Waals surface area contributed by atoms with Gasteiger partial charge in [0.15, 0.2) is 11.6 Å². The average Bonchev–Trinajstić information content (AvgIpc) is 3.71. The predicted molar refractivity (Wildman–Crippen MR) is 153 cm³/mol. The van der Waals surface area contributed by atoms with E-state index in [4.69, 9.17) is 4.74 Å². The molecule has 0 radical (unpaired) electrons. The molecule has 0 bridgehead atoms. The van der Waals surface area contributed by atoms with Crippen LogP contribution in [0.3, 0.4) is 0 Å². The van der Waals surface area contributed by atoms with E-state index in [0.29, 0.717) is 36.0 Å². The van der Waals surface area contributed by atoms with E-state index in [2.05, 4.69) is 52.3 Å². The fourth-order valence-corrected chi connectivity index (χ4v) is 7.03. The molecular weight excluding hydrogens is 509 g/mol. The third kappa shape index (κ3) is 4.04. The minimum absolute atomic E-state index is 0.0547. The molecule has 3 aliphatic rings. The highest BCUT2D eigenvalue weighted by Crippen LogP contribution is 2.45. The van der Waals surface area contributed by atoms with Crippen molar-refractivity contribution in [3.63, 3.8) is 0 Å². The summed E-state index contributed by atoms with van der Waals surface area (Å²) < 4.78 is 23.6. The Kier molecular flexibility index (Phi) is 6.04. The number of aromatic carboxylic acids is 1. The average molecular weight is 542 g/mol. The smallest absolute Gasteiger partial charge is 0.341 e. The standard InChI is InChI=1S/C32H32FN3O4/c1-40-31-28-24(30(37)25(32(38)39)17-36(28)22-11-12-22)14-26(33)29(31)35-16-21-9-5-13-34(27(21)18-35)15-20-8-4-7-19-6-2-3-10-23(19)20/h2-4,6-8,10,14,17,21-22,27H,5,9,11-13,15-16,18H2,1H3,(H,38,39)/t21-,27+/m0/s1. The molecule has 8 heteroatoms. The molecule has 0 unspecified atom stereocenters. The monoisotopic (exact) mass is 541 g/mol. The molecule has 3 heterocycles. The molecule has 206 valence electrons. The molecule has 1 saturated carbocycles. The number of methoxy groups -OCH3 is 1. The van der Waals surface area contributed by atoms with Crippen LogP contribution in [0.1, 0.15) is 47.6 Å². The SMILES string of the molecule is COc1c(N2C[C@@H]3CCCN(Cc4cccc5ccccc45)[C@@H]3C2)c(F)cc2c(=O)c(C(=O)O)cn(C3CC3)c12. The number of pyridine rings is 1. The molecule has 7 rings (SSSR count). The molecule has 0 amide bonds. The summed E-state index contributed by atoms with van der Waals surface area (Å²) in [6.07, 6.45) is 5.34. The van der Waals surface area contributed by atoms with Crippen LogP contribution in [0.2, 0.25) is 0 Å². The lowest BCUT2D eigenvalue weighted by Gasteiger charge is -2.37. The summed E-state index contributed by atoms with van der Waals surface area (Å²) in [7, 11) is 1.50. The molecule has 2 aliphatic heterocycles. The van der Waals surface area contributed by atoms with E-state index >= 15 is 4.39 Å². The van der Waals surface area contributed by atoms with Gasteiger partial charge in [0.25, 0.3) is 0 Å². The summed E-state index contributed by atoms with van der Waals surface area (Å²) in [5.74, 6) is -1.15. The van der Waals surface area contributed by atoms with Crippen molar-refractivity contribution < 1.29 is 19.0 Å². The molecule has 2 saturated heterocycles. The number of nitrogens with zero attached hydrogens (tertiary/aromatic N) is 3. The van der Waals surface area contributed by atoms with Crippen molar-refractivity contribution in [2.75, 3.05) is 31.6 Å². The van der Waals surface area contributed by atoms with Gasteiger partial charge in [0, 0.05) is 37.9 Å². The van der Waals surface area contributed by atoms with Crippen LogP contribution in [-0.2, 0) is 6.54 Å². The van der Waals surface area contributed by atoms with Gasteiger partial charge < -0.3 is 19.3 Å². The number of hydrogen-bond donors (Lipinski definition) is 1. The zero-order chi connectivity index (χ0) is 27.5. The molecule has 40 heavy (non-hydrogen) atoms. The summed E-state index contributed by atoms with van der Waals surface area (Å²) in [6, 6.07) is 16.5. The van der Waals surface area contributed by atoms with Crippen LogP contribution in [-0.4, -0.2) is 53.3 Å². The van der Waals surface area contributed by atoms with E-state index in [0.717, 1.165) is 38.8 Å². The Morgan fingerprint density at radius 3 is 2.65 bits per heavy atom. The van der Waals surface area contributed by atoms with Crippen molar-refractivity contribution in [1.29, 1.82) is 0 Å². The number of benzene rings is 3. The number of rotatable bonds is 6. The first-order valence-electron chi connectivity index (χ1n) is 14.1. The number of ether oxygens (including phenoxy) is 1. The number of halogens is 1. The Balaban J connectivity index is 1.27. The molecular formula is C32H32FN3O4. The summed E-state index contributed by atoms with van der Waals surface area (Å²) in [6.45, 7) is 3.20. The Hall–Kier alpha value is -3.91. The van der Waals surface area contributed by atoms with Gasteiger partial charge in [-0.05, 0) is 60.5 Å². The van der Waals surface area contributed by atoms with Crippen LogP contribution >= 0.6 is 0 Å². The second-order valence-electron chi connectivity index (χ2n) is 11.4. The highest BCUT2D eigenvalue weighted by Gasteiger charge is 2.41. The minimum Gasteiger partial charge on any atom is -0.492 e. The van der Waals surface area contributed by atoms with Crippen molar-refractivity contribution >= 4 is 33.3 Å². The van der Waals surface area contributed by atoms with E-state index in [1.54, 1.807) is 0 Å². The highest BCUT2D eigenvalue weighted by molar-refractivity contribution is 5.97. The third-order valence-corrected chi connectivity index (χ3v) is 9.04. The second kappa shape index (κ2) is 9.63. The maximum absolute atomic E-state index is 15.9. The summed E-state index contributed by atoms with van der Waals surface area (Å²) in [4.78, 5) is 29.5. The number of piperidine rings is 1. The fourth-order valence-electron chi connectivity index (χ4n) is 7.03. The lowest BCUT2D eigenvalue weighted by atomic mass is 9.91. The molecule has 1 N–H and O–H groups in total. The highest BCUT2D eigenvalue weighted by atomic mass is 19.1. The molecule has 1 aliphatic carbocycles. The first kappa shape index (κ1) is 25.1. The fraction of sp³-hybridized carbons (Fsp3) is 0.375. The number of likely N-dealkylation sites (tertiary alicyclic amines) is 1. The van der Waals surface area contributed by atoms with Crippen molar-refractivity contribution in [2.24, 2.45) is 5.92 Å². The van der Waals surface area contributed by atoms with E-state index in [-0.39, 0.29) is 23.0 Å². The van der Waals surface area contributed by atoms with Gasteiger partial charge in [0.2, 0.25) is 5.43 Å². The number of anilines is 1. The van der Waals surface area contributed by atoms with Gasteiger partial charge >= 0.3 is 5.97 Å². The topological polar surface area (TPSA) is 75.0 Å². The van der Waals surface area contributed by atoms with Crippen LogP contribution in [0.5, 0.6) is 5.75 Å². The number of carboxylic acids is 1. The zero-order valence-electron chi connectivity index (χ0n) is 22.5. The van der Waals surface area contributed by atoms with Crippen molar-refractivity contribution in [3.05, 3.63) is 81.9 Å². The number of hydrogen-bond acceptors (Lipinski definition) is 5. The Bertz CT molecular complexity index is 1710. The van der Waals surface area contributed by atoms with Gasteiger partial charge in [-0.2, -0.15) is 0 Å². The molecule has 4 aromatic rings. The summed E-state index contributed by atoms with van der Waals surface area (Å²) >= 11 is 0. The lowest BCUT2D eigenvalue weighted by Crippen LogP contribution is -2.44. The van der Waals surface area contributed by atoms with E-state index in [1.807, 2.05) is 4.57 Å². The van der Waals surface area contributed by atoms with E-state index in [1.165, 1.54) is 35.7 Å². The van der Waals surface area contributed by atoms with Gasteiger partial charge in [0.05, 0.1) is 18.0 Å². The number of aromatic nitrogens is 1. The van der Waals surface area contributed by atoms with Crippen LogP contribution in [0, 0.1) is 11.7 Å². The number of fused-ring (bicyclic) bond motifs is 3. The summed E-state index contributed by atoms with van der Waals surface area (Å²) in [5, 5.41) is 12.2. The van der Waals surface area contributed by atoms with Crippen molar-refractivity contribution in [3.8, 4) is 5.75 Å². The van der Waals surface area contributed by atoms with Crippen LogP contribution in [0.15, 0.2) is 59.5 Å². The van der Waals surface area contributed by atoms with Crippen LogP contribution in [0.25, 0.3) is 21.7 Å². The van der Waals surface area contributed by atoms with Crippen molar-refractivity contribution in [1.82, 2.24) is 9.47 Å². The van der Waals surface area contributed by atoms with Crippen molar-refractivity contribution in [2.45, 2.75) is 44.3 Å². The van der Waals surface area contributed by atoms with Gasteiger partial charge in [-0.1, -0.05) is 42.5 Å². The molecule has 1 aromatic heterocycles. The first-order valence-corrected chi connectivity index (χ1v) is 14.1. The third-order valence-electron chi connectivity index (χ3n) is 9.04. The molecule has 2 atom stereocenters.